The van der Waals surface area contributed by atoms with Crippen molar-refractivity contribution in [3.05, 3.63) is 98.3 Å². The molecule has 0 aliphatic carbocycles. The third-order valence-corrected chi connectivity index (χ3v) is 6.21. The van der Waals surface area contributed by atoms with Crippen LogP contribution in [0, 0.1) is 0 Å². The van der Waals surface area contributed by atoms with Crippen molar-refractivity contribution in [2.45, 2.75) is 25.4 Å². The Morgan fingerprint density at radius 2 is 1.55 bits per heavy atom. The third kappa shape index (κ3) is 4.76. The number of nitrogens with zero attached hydrogens (tertiary/aromatic N) is 1. The summed E-state index contributed by atoms with van der Waals surface area (Å²) in [4.78, 5) is 26.8. The molecule has 0 spiro atoms. The van der Waals surface area contributed by atoms with Gasteiger partial charge >= 0.3 is 0 Å². The number of phenolic OH excluding ortho intramolecular Hbond substituents is 1. The van der Waals surface area contributed by atoms with E-state index in [2.05, 4.69) is 33.7 Å². The Morgan fingerprint density at radius 3 is 2.27 bits per heavy atom. The molecule has 170 valence electrons. The predicted molar refractivity (Wildman–Crippen MR) is 135 cm³/mol. The van der Waals surface area contributed by atoms with Crippen molar-refractivity contribution in [3.63, 3.8) is 0 Å². The topological polar surface area (TPSA) is 81.7 Å². The summed E-state index contributed by atoms with van der Waals surface area (Å²) < 4.78 is 0. The summed E-state index contributed by atoms with van der Waals surface area (Å²) in [5.74, 6) is 0.234. The number of rotatable bonds is 9. The van der Waals surface area contributed by atoms with Crippen molar-refractivity contribution in [1.82, 2.24) is 4.90 Å². The summed E-state index contributed by atoms with van der Waals surface area (Å²) in [5, 5.41) is 18.2. The minimum atomic E-state index is -0.482. The van der Waals surface area contributed by atoms with E-state index in [9.17, 15) is 14.7 Å². The average molecular weight is 444 g/mol. The number of benzene rings is 3. The van der Waals surface area contributed by atoms with Gasteiger partial charge in [-0.15, -0.1) is 0 Å². The van der Waals surface area contributed by atoms with Gasteiger partial charge in [0.15, 0.2) is 0 Å². The lowest BCUT2D eigenvalue weighted by molar-refractivity contribution is 0.303. The Labute approximate surface area is 193 Å². The first kappa shape index (κ1) is 22.6. The molecule has 0 heterocycles. The molecule has 4 aromatic rings. The van der Waals surface area contributed by atoms with Gasteiger partial charge in [0.25, 0.3) is 10.9 Å². The molecule has 0 bridgehead atoms. The monoisotopic (exact) mass is 443 g/mol. The van der Waals surface area contributed by atoms with Gasteiger partial charge in [-0.2, -0.15) is 0 Å². The van der Waals surface area contributed by atoms with Gasteiger partial charge in [-0.1, -0.05) is 54.6 Å². The van der Waals surface area contributed by atoms with Crippen molar-refractivity contribution in [2.75, 3.05) is 31.3 Å². The lowest BCUT2D eigenvalue weighted by Crippen LogP contribution is -2.42. The molecule has 0 saturated heterocycles. The van der Waals surface area contributed by atoms with Crippen LogP contribution in [0.3, 0.4) is 0 Å². The van der Waals surface area contributed by atoms with Crippen LogP contribution in [0.1, 0.15) is 24.1 Å². The maximum Gasteiger partial charge on any atom is 0.253 e. The van der Waals surface area contributed by atoms with Gasteiger partial charge in [0.1, 0.15) is 17.1 Å². The number of phenols is 1. The number of fused-ring (bicyclic) bond motifs is 1. The quantitative estimate of drug-likeness (QED) is 0.341. The fourth-order valence-electron chi connectivity index (χ4n) is 4.18. The second-order valence-corrected chi connectivity index (χ2v) is 8.71. The first-order chi connectivity index (χ1) is 15.8. The second-order valence-electron chi connectivity index (χ2n) is 8.71. The highest BCUT2D eigenvalue weighted by Gasteiger charge is 2.24. The van der Waals surface area contributed by atoms with Crippen molar-refractivity contribution in [2.24, 2.45) is 0 Å². The Hall–Kier alpha value is -3.64. The van der Waals surface area contributed by atoms with Crippen LogP contribution in [0.15, 0.2) is 76.3 Å². The van der Waals surface area contributed by atoms with Crippen molar-refractivity contribution < 1.29 is 5.11 Å². The summed E-state index contributed by atoms with van der Waals surface area (Å²) in [6, 6.07) is 21.3. The van der Waals surface area contributed by atoms with Gasteiger partial charge in [-0.05, 0) is 61.5 Å². The number of likely N-dealkylation sites (N-methyl/N-ethyl adjacent to an activating group) is 1. The van der Waals surface area contributed by atoms with Gasteiger partial charge in [-0.25, -0.2) is 0 Å². The van der Waals surface area contributed by atoms with Crippen LogP contribution >= 0.6 is 0 Å². The van der Waals surface area contributed by atoms with Gasteiger partial charge in [0.05, 0.1) is 0 Å². The molecule has 3 N–H and O–H groups in total. The van der Waals surface area contributed by atoms with Crippen LogP contribution in [0.2, 0.25) is 0 Å². The standard InChI is InChI=1S/C27H29N3O3/c1-17(22-10-6-8-19-7-4-5-9-23(19)22)29-25-24(26(32)27(25)33)28-16-20(30(2)3)15-18-11-13-21(31)14-12-18/h4-14,17,20,28-29,31H,15-16H2,1-3H3. The van der Waals surface area contributed by atoms with E-state index in [4.69, 9.17) is 0 Å². The highest BCUT2D eigenvalue weighted by molar-refractivity contribution is 5.86. The molecule has 0 aliphatic heterocycles. The third-order valence-electron chi connectivity index (χ3n) is 6.21. The molecule has 6 nitrogen and oxygen atoms in total. The zero-order valence-corrected chi connectivity index (χ0v) is 19.1. The predicted octanol–water partition coefficient (Wildman–Crippen LogP) is 3.90. The fraction of sp³-hybridized carbons (Fsp3) is 0.259. The molecule has 0 amide bonds. The van der Waals surface area contributed by atoms with E-state index in [-0.39, 0.29) is 17.8 Å². The SMILES string of the molecule is CC(Nc1c(NCC(Cc2ccc(O)cc2)N(C)C)c(=O)c1=O)c1cccc2ccccc12. The average Bonchev–Trinajstić information content (AvgIpc) is 2.82. The number of anilines is 2. The Morgan fingerprint density at radius 1 is 0.879 bits per heavy atom. The first-order valence-electron chi connectivity index (χ1n) is 11.1. The lowest BCUT2D eigenvalue weighted by Gasteiger charge is -2.27. The minimum Gasteiger partial charge on any atom is -0.508 e. The molecule has 4 rings (SSSR count). The molecule has 0 fully saturated rings. The smallest absolute Gasteiger partial charge is 0.253 e. The molecule has 0 radical (unpaired) electrons. The molecule has 4 aromatic carbocycles. The first-order valence-corrected chi connectivity index (χ1v) is 11.1. The maximum atomic E-state index is 12.4. The summed E-state index contributed by atoms with van der Waals surface area (Å²) >= 11 is 0. The van der Waals surface area contributed by atoms with Crippen LogP contribution in [0.5, 0.6) is 5.75 Å². The maximum absolute atomic E-state index is 12.4. The molecular weight excluding hydrogens is 414 g/mol. The molecule has 0 saturated carbocycles. The Kier molecular flexibility index (Phi) is 6.47. The fourth-order valence-corrected chi connectivity index (χ4v) is 4.18. The van der Waals surface area contributed by atoms with Crippen molar-refractivity contribution in [1.29, 1.82) is 0 Å². The van der Waals surface area contributed by atoms with E-state index in [0.717, 1.165) is 28.3 Å². The Bertz CT molecular complexity index is 1320. The van der Waals surface area contributed by atoms with E-state index in [1.165, 1.54) is 0 Å². The number of hydrogen-bond donors (Lipinski definition) is 3. The summed E-state index contributed by atoms with van der Waals surface area (Å²) in [6.07, 6.45) is 0.741. The van der Waals surface area contributed by atoms with E-state index < -0.39 is 10.9 Å². The highest BCUT2D eigenvalue weighted by Crippen LogP contribution is 2.28. The normalized spacial score (nSPS) is 13.3. The molecule has 2 unspecified atom stereocenters. The van der Waals surface area contributed by atoms with E-state index in [1.807, 2.05) is 57.4 Å². The van der Waals surface area contributed by atoms with Crippen LogP contribution in [-0.2, 0) is 6.42 Å². The van der Waals surface area contributed by atoms with Crippen LogP contribution in [-0.4, -0.2) is 36.7 Å². The van der Waals surface area contributed by atoms with E-state index >= 15 is 0 Å². The molecule has 2 atom stereocenters. The van der Waals surface area contributed by atoms with Gasteiger partial charge in [-0.3, -0.25) is 9.59 Å². The van der Waals surface area contributed by atoms with Crippen LogP contribution < -0.4 is 21.5 Å². The van der Waals surface area contributed by atoms with Crippen molar-refractivity contribution in [3.8, 4) is 5.75 Å². The highest BCUT2D eigenvalue weighted by atomic mass is 16.3. The molecule has 0 aromatic heterocycles. The summed E-state index contributed by atoms with van der Waals surface area (Å²) in [6.45, 7) is 2.51. The van der Waals surface area contributed by atoms with Crippen molar-refractivity contribution >= 4 is 22.1 Å². The Balaban J connectivity index is 1.49. The molecule has 0 aliphatic rings. The number of nitrogens with one attached hydrogen (secondary N) is 2. The summed E-state index contributed by atoms with van der Waals surface area (Å²) in [5.41, 5.74) is 1.90. The minimum absolute atomic E-state index is 0.0993. The van der Waals surface area contributed by atoms with Crippen LogP contribution in [0.25, 0.3) is 10.8 Å². The van der Waals surface area contributed by atoms with Gasteiger partial charge in [0, 0.05) is 18.6 Å². The van der Waals surface area contributed by atoms with Gasteiger partial charge in [0.2, 0.25) is 0 Å². The van der Waals surface area contributed by atoms with E-state index in [1.54, 1.807) is 12.1 Å². The molecular formula is C27H29N3O3. The second kappa shape index (κ2) is 9.46. The zero-order chi connectivity index (χ0) is 23.5. The lowest BCUT2D eigenvalue weighted by atomic mass is 9.99. The largest absolute Gasteiger partial charge is 0.508 e. The number of aromatic hydroxyl groups is 1. The summed E-state index contributed by atoms with van der Waals surface area (Å²) in [7, 11) is 3.97. The molecule has 33 heavy (non-hydrogen) atoms. The zero-order valence-electron chi connectivity index (χ0n) is 19.1. The van der Waals surface area contributed by atoms with E-state index in [0.29, 0.717) is 17.9 Å². The van der Waals surface area contributed by atoms with Gasteiger partial charge < -0.3 is 20.6 Å². The molecule has 6 heteroatoms. The van der Waals surface area contributed by atoms with Crippen LogP contribution in [0.4, 0.5) is 11.4 Å². The number of hydrogen-bond acceptors (Lipinski definition) is 6.